The second kappa shape index (κ2) is 8.19. The van der Waals surface area contributed by atoms with Crippen LogP contribution in [-0.4, -0.2) is 51.5 Å². The standard InChI is InChI=1S/C24H34N6OS/c1-32-23-27-20(29-6-3-2-4-7-29)19-15-26-30(21(19)28-23)8-5-25-22(31)24-12-16-9-17(13-24)11-18(10-16)14-24/h15-18H,2-14H2,1H3,(H,25,31). The quantitative estimate of drug-likeness (QED) is 0.527. The highest BCUT2D eigenvalue weighted by Gasteiger charge is 2.54. The summed E-state index contributed by atoms with van der Waals surface area (Å²) in [5.74, 6) is 3.68. The molecule has 1 amide bonds. The van der Waals surface area contributed by atoms with Gasteiger partial charge in [-0.2, -0.15) is 5.10 Å². The van der Waals surface area contributed by atoms with E-state index >= 15 is 0 Å². The average molecular weight is 455 g/mol. The SMILES string of the molecule is CSc1nc(N2CCCCC2)c2cnn(CCNC(=O)C34CC5CC(CC(C5)C3)C4)c2n1. The van der Waals surface area contributed by atoms with Gasteiger partial charge in [0.1, 0.15) is 5.82 Å². The van der Waals surface area contributed by atoms with Crippen molar-refractivity contribution in [2.24, 2.45) is 23.2 Å². The maximum Gasteiger partial charge on any atom is 0.226 e. The van der Waals surface area contributed by atoms with E-state index in [4.69, 9.17) is 9.97 Å². The minimum atomic E-state index is -0.0867. The van der Waals surface area contributed by atoms with Crippen LogP contribution in [0.25, 0.3) is 11.0 Å². The van der Waals surface area contributed by atoms with Gasteiger partial charge in [0.2, 0.25) is 5.91 Å². The summed E-state index contributed by atoms with van der Waals surface area (Å²) in [6.45, 7) is 3.35. The van der Waals surface area contributed by atoms with E-state index < -0.39 is 0 Å². The third-order valence-corrected chi connectivity index (χ3v) is 8.97. The zero-order valence-corrected chi connectivity index (χ0v) is 19.9. The summed E-state index contributed by atoms with van der Waals surface area (Å²) in [5, 5.41) is 9.75. The second-order valence-corrected chi connectivity index (χ2v) is 11.4. The van der Waals surface area contributed by atoms with Gasteiger partial charge in [-0.1, -0.05) is 11.8 Å². The molecule has 4 bridgehead atoms. The molecular weight excluding hydrogens is 420 g/mol. The zero-order chi connectivity index (χ0) is 21.7. The fraction of sp³-hybridized carbons (Fsp3) is 0.750. The minimum absolute atomic E-state index is 0.0867. The Morgan fingerprint density at radius 3 is 2.44 bits per heavy atom. The van der Waals surface area contributed by atoms with Crippen molar-refractivity contribution in [2.75, 3.05) is 30.8 Å². The lowest BCUT2D eigenvalue weighted by Crippen LogP contribution is -2.53. The fourth-order valence-corrected chi connectivity index (χ4v) is 7.73. The van der Waals surface area contributed by atoms with Crippen LogP contribution in [0.2, 0.25) is 0 Å². The summed E-state index contributed by atoms with van der Waals surface area (Å²) < 4.78 is 1.95. The van der Waals surface area contributed by atoms with Gasteiger partial charge in [-0.3, -0.25) is 4.79 Å². The fourth-order valence-electron chi connectivity index (χ4n) is 7.37. The highest BCUT2D eigenvalue weighted by Crippen LogP contribution is 2.60. The first-order valence-electron chi connectivity index (χ1n) is 12.4. The molecule has 0 aromatic carbocycles. The highest BCUT2D eigenvalue weighted by molar-refractivity contribution is 7.98. The molecule has 1 saturated heterocycles. The first-order valence-corrected chi connectivity index (χ1v) is 13.7. The van der Waals surface area contributed by atoms with Crippen LogP contribution < -0.4 is 10.2 Å². The minimum Gasteiger partial charge on any atom is -0.356 e. The number of amides is 1. The van der Waals surface area contributed by atoms with Crippen LogP contribution in [0.1, 0.15) is 57.8 Å². The molecule has 0 radical (unpaired) electrons. The Labute approximate surface area is 194 Å². The van der Waals surface area contributed by atoms with Crippen molar-refractivity contribution in [3.8, 4) is 0 Å². The number of rotatable bonds is 6. The first-order chi connectivity index (χ1) is 15.6. The molecule has 2 aromatic heterocycles. The molecule has 1 aliphatic heterocycles. The van der Waals surface area contributed by atoms with Gasteiger partial charge in [0.15, 0.2) is 10.8 Å². The van der Waals surface area contributed by atoms with Crippen molar-refractivity contribution in [1.82, 2.24) is 25.1 Å². The molecule has 4 aliphatic carbocycles. The van der Waals surface area contributed by atoms with Crippen molar-refractivity contribution in [3.05, 3.63) is 6.20 Å². The number of carbonyl (C=O) groups excluding carboxylic acids is 1. The molecule has 2 aromatic rings. The summed E-state index contributed by atoms with van der Waals surface area (Å²) in [7, 11) is 0. The van der Waals surface area contributed by atoms with Crippen LogP contribution in [0.15, 0.2) is 11.4 Å². The number of piperidine rings is 1. The summed E-state index contributed by atoms with van der Waals surface area (Å²) in [4.78, 5) is 25.3. The molecule has 3 heterocycles. The molecule has 5 aliphatic rings. The number of thioether (sulfide) groups is 1. The predicted molar refractivity (Wildman–Crippen MR) is 127 cm³/mol. The van der Waals surface area contributed by atoms with Crippen LogP contribution in [0.4, 0.5) is 5.82 Å². The van der Waals surface area contributed by atoms with Gasteiger partial charge in [-0.15, -0.1) is 0 Å². The summed E-state index contributed by atoms with van der Waals surface area (Å²) >= 11 is 1.58. The van der Waals surface area contributed by atoms with Crippen LogP contribution >= 0.6 is 11.8 Å². The molecule has 4 saturated carbocycles. The highest BCUT2D eigenvalue weighted by atomic mass is 32.2. The van der Waals surface area contributed by atoms with Crippen LogP contribution in [-0.2, 0) is 11.3 Å². The summed E-state index contributed by atoms with van der Waals surface area (Å²) in [6.07, 6.45) is 15.1. The van der Waals surface area contributed by atoms with E-state index in [2.05, 4.69) is 15.3 Å². The van der Waals surface area contributed by atoms with Crippen molar-refractivity contribution < 1.29 is 4.79 Å². The van der Waals surface area contributed by atoms with E-state index in [0.717, 1.165) is 72.1 Å². The van der Waals surface area contributed by atoms with Crippen LogP contribution in [0.3, 0.4) is 0 Å². The van der Waals surface area contributed by atoms with Crippen molar-refractivity contribution in [2.45, 2.75) is 69.5 Å². The number of hydrogen-bond donors (Lipinski definition) is 1. The predicted octanol–water partition coefficient (Wildman–Crippen LogP) is 3.87. The number of nitrogens with zero attached hydrogens (tertiary/aromatic N) is 5. The average Bonchev–Trinajstić information content (AvgIpc) is 3.21. The molecule has 1 N–H and O–H groups in total. The molecule has 172 valence electrons. The van der Waals surface area contributed by atoms with Gasteiger partial charge in [0, 0.05) is 25.0 Å². The Kier molecular flexibility index (Phi) is 5.31. The lowest BCUT2D eigenvalue weighted by atomic mass is 9.49. The van der Waals surface area contributed by atoms with Gasteiger partial charge in [-0.05, 0) is 81.8 Å². The van der Waals surface area contributed by atoms with E-state index in [1.54, 1.807) is 11.8 Å². The molecule has 7 nitrogen and oxygen atoms in total. The number of hydrogen-bond acceptors (Lipinski definition) is 6. The lowest BCUT2D eigenvalue weighted by Gasteiger charge is -2.55. The third kappa shape index (κ3) is 3.58. The van der Waals surface area contributed by atoms with E-state index in [-0.39, 0.29) is 5.41 Å². The number of carbonyl (C=O) groups is 1. The smallest absolute Gasteiger partial charge is 0.226 e. The number of fused-ring (bicyclic) bond motifs is 1. The van der Waals surface area contributed by atoms with Gasteiger partial charge >= 0.3 is 0 Å². The molecule has 7 rings (SSSR count). The summed E-state index contributed by atoms with van der Waals surface area (Å²) in [5.41, 5.74) is 0.797. The Hall–Kier alpha value is -1.83. The molecule has 0 spiro atoms. The molecular formula is C24H34N6OS. The first kappa shape index (κ1) is 20.8. The maximum atomic E-state index is 13.3. The van der Waals surface area contributed by atoms with Crippen LogP contribution in [0, 0.1) is 23.2 Å². The number of nitrogens with one attached hydrogen (secondary N) is 1. The Morgan fingerprint density at radius 1 is 1.09 bits per heavy atom. The number of aromatic nitrogens is 4. The largest absolute Gasteiger partial charge is 0.356 e. The van der Waals surface area contributed by atoms with E-state index in [9.17, 15) is 4.79 Å². The van der Waals surface area contributed by atoms with Crippen LogP contribution in [0.5, 0.6) is 0 Å². The van der Waals surface area contributed by atoms with Gasteiger partial charge in [0.25, 0.3) is 0 Å². The molecule has 0 unspecified atom stereocenters. The molecule has 8 heteroatoms. The molecule has 0 atom stereocenters. The van der Waals surface area contributed by atoms with Crippen molar-refractivity contribution in [3.63, 3.8) is 0 Å². The van der Waals surface area contributed by atoms with Gasteiger partial charge in [-0.25, -0.2) is 14.6 Å². The molecule has 5 fully saturated rings. The summed E-state index contributed by atoms with van der Waals surface area (Å²) in [6, 6.07) is 0. The normalized spacial score (nSPS) is 31.4. The third-order valence-electron chi connectivity index (χ3n) is 8.42. The topological polar surface area (TPSA) is 75.9 Å². The van der Waals surface area contributed by atoms with Gasteiger partial charge in [0.05, 0.1) is 18.1 Å². The molecule has 32 heavy (non-hydrogen) atoms. The maximum absolute atomic E-state index is 13.3. The Bertz CT molecular complexity index is 978. The second-order valence-electron chi connectivity index (χ2n) is 10.6. The number of anilines is 1. The van der Waals surface area contributed by atoms with E-state index in [1.165, 1.54) is 38.5 Å². The Balaban J connectivity index is 1.17. The van der Waals surface area contributed by atoms with E-state index in [0.29, 0.717) is 19.0 Å². The van der Waals surface area contributed by atoms with Gasteiger partial charge < -0.3 is 10.2 Å². The van der Waals surface area contributed by atoms with Crippen molar-refractivity contribution >= 4 is 34.5 Å². The lowest BCUT2D eigenvalue weighted by molar-refractivity contribution is -0.146. The zero-order valence-electron chi connectivity index (χ0n) is 19.1. The Morgan fingerprint density at radius 2 is 1.78 bits per heavy atom. The van der Waals surface area contributed by atoms with E-state index in [1.807, 2.05) is 17.1 Å². The monoisotopic (exact) mass is 454 g/mol. The van der Waals surface area contributed by atoms with Crippen molar-refractivity contribution in [1.29, 1.82) is 0 Å².